The van der Waals surface area contributed by atoms with Crippen molar-refractivity contribution in [3.8, 4) is 32.8 Å². The summed E-state index contributed by atoms with van der Waals surface area (Å²) in [7, 11) is 0. The molecule has 0 bridgehead atoms. The van der Waals surface area contributed by atoms with Crippen LogP contribution in [0.4, 0.5) is 0 Å². The lowest BCUT2D eigenvalue weighted by atomic mass is 9.91. The van der Waals surface area contributed by atoms with Crippen LogP contribution in [-0.2, 0) is 14.3 Å². The molecule has 0 radical (unpaired) electrons. The van der Waals surface area contributed by atoms with E-state index in [1.807, 2.05) is 76.2 Å². The van der Waals surface area contributed by atoms with E-state index in [4.69, 9.17) is 26.1 Å². The van der Waals surface area contributed by atoms with E-state index < -0.39 is 17.7 Å². The third kappa shape index (κ3) is 5.92. The van der Waals surface area contributed by atoms with Crippen molar-refractivity contribution >= 4 is 39.1 Å². The standard InChI is InChI=1S/C32H30ClN3O3S/c1-6-38-31(37)28(39-32(3,4)5)26-19(2)14-25-29(27(26)20-10-12-24(33)13-11-20)40-30(36-25)22-9-7-8-21(15-22)23-16-34-18-35-17-23/h7-18,28H,6H2,1-5H3. The molecule has 1 atom stereocenters. The first-order chi connectivity index (χ1) is 19.1. The largest absolute Gasteiger partial charge is 0.464 e. The van der Waals surface area contributed by atoms with Crippen molar-refractivity contribution in [2.45, 2.75) is 46.3 Å². The Morgan fingerprint density at radius 1 is 0.975 bits per heavy atom. The molecule has 0 aliphatic rings. The fourth-order valence-electron chi connectivity index (χ4n) is 4.65. The van der Waals surface area contributed by atoms with E-state index in [0.717, 1.165) is 54.2 Å². The summed E-state index contributed by atoms with van der Waals surface area (Å²) in [6.45, 7) is 9.85. The van der Waals surface area contributed by atoms with Crippen LogP contribution in [0.25, 0.3) is 43.0 Å². The maximum atomic E-state index is 13.4. The second-order valence-electron chi connectivity index (χ2n) is 10.4. The van der Waals surface area contributed by atoms with Crippen LogP contribution in [0, 0.1) is 6.92 Å². The summed E-state index contributed by atoms with van der Waals surface area (Å²) in [5, 5.41) is 1.50. The number of ether oxygens (including phenoxy) is 2. The van der Waals surface area contributed by atoms with Crippen LogP contribution in [0.2, 0.25) is 5.02 Å². The summed E-state index contributed by atoms with van der Waals surface area (Å²) < 4.78 is 12.8. The van der Waals surface area contributed by atoms with E-state index >= 15 is 0 Å². The molecule has 0 spiro atoms. The molecule has 0 saturated heterocycles. The summed E-state index contributed by atoms with van der Waals surface area (Å²) in [5.41, 5.74) is 6.66. The Hall–Kier alpha value is -3.65. The first-order valence-corrected chi connectivity index (χ1v) is 14.2. The molecule has 0 saturated carbocycles. The predicted octanol–water partition coefficient (Wildman–Crippen LogP) is 8.47. The highest BCUT2D eigenvalue weighted by Gasteiger charge is 2.33. The van der Waals surface area contributed by atoms with E-state index in [2.05, 4.69) is 16.0 Å². The van der Waals surface area contributed by atoms with Gasteiger partial charge >= 0.3 is 5.97 Å². The summed E-state index contributed by atoms with van der Waals surface area (Å²) in [6.07, 6.45) is 4.20. The molecule has 3 aromatic carbocycles. The van der Waals surface area contributed by atoms with Crippen molar-refractivity contribution in [3.05, 3.63) is 89.5 Å². The van der Waals surface area contributed by atoms with Gasteiger partial charge in [-0.25, -0.2) is 19.7 Å². The average molecular weight is 572 g/mol. The topological polar surface area (TPSA) is 74.2 Å². The van der Waals surface area contributed by atoms with Crippen molar-refractivity contribution in [1.29, 1.82) is 0 Å². The molecule has 0 aliphatic carbocycles. The maximum absolute atomic E-state index is 13.4. The quantitative estimate of drug-likeness (QED) is 0.182. The van der Waals surface area contributed by atoms with Gasteiger partial charge in [0, 0.05) is 39.7 Å². The van der Waals surface area contributed by atoms with E-state index in [9.17, 15) is 4.79 Å². The Morgan fingerprint density at radius 3 is 2.35 bits per heavy atom. The lowest BCUT2D eigenvalue weighted by Crippen LogP contribution is -2.29. The number of hydrogen-bond donors (Lipinski definition) is 0. The molecule has 6 nitrogen and oxygen atoms in total. The van der Waals surface area contributed by atoms with Crippen LogP contribution in [0.1, 0.15) is 44.9 Å². The van der Waals surface area contributed by atoms with E-state index in [1.165, 1.54) is 6.33 Å². The molecule has 2 aromatic heterocycles. The average Bonchev–Trinajstić information content (AvgIpc) is 3.35. The number of rotatable bonds is 7. The monoisotopic (exact) mass is 571 g/mol. The van der Waals surface area contributed by atoms with Crippen LogP contribution in [0.3, 0.4) is 0 Å². The predicted molar refractivity (Wildman–Crippen MR) is 161 cm³/mol. The molecule has 204 valence electrons. The summed E-state index contributed by atoms with van der Waals surface area (Å²) >= 11 is 7.84. The fourth-order valence-corrected chi connectivity index (χ4v) is 5.90. The molecular formula is C32H30ClN3O3S. The van der Waals surface area contributed by atoms with Crippen LogP contribution in [0.5, 0.6) is 0 Å². The first-order valence-electron chi connectivity index (χ1n) is 13.0. The first kappa shape index (κ1) is 27.9. The van der Waals surface area contributed by atoms with Crippen molar-refractivity contribution in [2.75, 3.05) is 6.61 Å². The number of nitrogens with zero attached hydrogens (tertiary/aromatic N) is 3. The van der Waals surface area contributed by atoms with Crippen LogP contribution in [0.15, 0.2) is 73.3 Å². The van der Waals surface area contributed by atoms with E-state index in [1.54, 1.807) is 30.7 Å². The van der Waals surface area contributed by atoms with E-state index in [0.29, 0.717) is 5.02 Å². The zero-order valence-corrected chi connectivity index (χ0v) is 24.6. The molecule has 5 aromatic rings. The van der Waals surface area contributed by atoms with Gasteiger partial charge in [0.15, 0.2) is 6.10 Å². The molecule has 40 heavy (non-hydrogen) atoms. The number of aromatic nitrogens is 3. The molecule has 5 rings (SSSR count). The number of benzene rings is 3. The number of hydrogen-bond acceptors (Lipinski definition) is 7. The van der Waals surface area contributed by atoms with Gasteiger partial charge in [-0.2, -0.15) is 0 Å². The molecule has 0 fully saturated rings. The number of thiazole rings is 1. The maximum Gasteiger partial charge on any atom is 0.339 e. The number of aryl methyl sites for hydroxylation is 1. The number of halogens is 1. The highest BCUT2D eigenvalue weighted by Crippen LogP contribution is 2.45. The fraction of sp³-hybridized carbons (Fsp3) is 0.250. The Bertz CT molecular complexity index is 1660. The third-order valence-corrected chi connectivity index (χ3v) is 7.69. The molecule has 0 amide bonds. The van der Waals surface area contributed by atoms with Crippen molar-refractivity contribution < 1.29 is 14.3 Å². The van der Waals surface area contributed by atoms with Crippen LogP contribution >= 0.6 is 22.9 Å². The molecule has 1 unspecified atom stereocenters. The molecule has 2 heterocycles. The minimum Gasteiger partial charge on any atom is -0.464 e. The van der Waals surface area contributed by atoms with E-state index in [-0.39, 0.29) is 6.61 Å². The van der Waals surface area contributed by atoms with Crippen molar-refractivity contribution in [1.82, 2.24) is 15.0 Å². The van der Waals surface area contributed by atoms with Gasteiger partial charge in [-0.05, 0) is 75.6 Å². The number of carbonyl (C=O) groups excluding carboxylic acids is 1. The lowest BCUT2D eigenvalue weighted by Gasteiger charge is -2.29. The summed E-state index contributed by atoms with van der Waals surface area (Å²) in [4.78, 5) is 26.7. The van der Waals surface area contributed by atoms with Gasteiger partial charge < -0.3 is 9.47 Å². The summed E-state index contributed by atoms with van der Waals surface area (Å²) in [6, 6.07) is 17.8. The zero-order valence-electron chi connectivity index (χ0n) is 23.1. The van der Waals surface area contributed by atoms with Gasteiger partial charge in [-0.3, -0.25) is 0 Å². The van der Waals surface area contributed by atoms with Crippen molar-refractivity contribution in [2.24, 2.45) is 0 Å². The Morgan fingerprint density at radius 2 is 1.68 bits per heavy atom. The van der Waals surface area contributed by atoms with Gasteiger partial charge in [0.05, 0.1) is 22.4 Å². The Labute approximate surface area is 243 Å². The molecule has 0 aliphatic heterocycles. The second-order valence-corrected chi connectivity index (χ2v) is 11.9. The normalized spacial score (nSPS) is 12.4. The Kier molecular flexibility index (Phi) is 7.99. The van der Waals surface area contributed by atoms with Crippen LogP contribution < -0.4 is 0 Å². The van der Waals surface area contributed by atoms with Crippen LogP contribution in [-0.4, -0.2) is 33.1 Å². The lowest BCUT2D eigenvalue weighted by molar-refractivity contribution is -0.166. The number of carbonyl (C=O) groups is 1. The molecule has 0 N–H and O–H groups in total. The van der Waals surface area contributed by atoms with Gasteiger partial charge in [-0.1, -0.05) is 41.9 Å². The highest BCUT2D eigenvalue weighted by molar-refractivity contribution is 7.22. The smallest absolute Gasteiger partial charge is 0.339 e. The minimum atomic E-state index is -0.915. The number of esters is 1. The molecule has 8 heteroatoms. The molecular weight excluding hydrogens is 542 g/mol. The highest BCUT2D eigenvalue weighted by atomic mass is 35.5. The number of fused-ring (bicyclic) bond motifs is 1. The summed E-state index contributed by atoms with van der Waals surface area (Å²) in [5.74, 6) is -0.419. The van der Waals surface area contributed by atoms with Gasteiger partial charge in [-0.15, -0.1) is 11.3 Å². The van der Waals surface area contributed by atoms with Gasteiger partial charge in [0.25, 0.3) is 0 Å². The zero-order chi connectivity index (χ0) is 28.4. The minimum absolute atomic E-state index is 0.258. The third-order valence-electron chi connectivity index (χ3n) is 6.30. The second kappa shape index (κ2) is 11.5. The Balaban J connectivity index is 1.74. The van der Waals surface area contributed by atoms with Gasteiger partial charge in [0.1, 0.15) is 11.3 Å². The SMILES string of the molecule is CCOC(=O)C(OC(C)(C)C)c1c(C)cc2nc(-c3cccc(-c4cncnc4)c3)sc2c1-c1ccc(Cl)cc1. The van der Waals surface area contributed by atoms with Gasteiger partial charge in [0.2, 0.25) is 0 Å². The van der Waals surface area contributed by atoms with Crippen molar-refractivity contribution in [3.63, 3.8) is 0 Å².